The predicted octanol–water partition coefficient (Wildman–Crippen LogP) is 2.58. The molecule has 108 valence electrons. The first-order chi connectivity index (χ1) is 9.29. The molecule has 0 aliphatic heterocycles. The molecule has 0 saturated heterocycles. The van der Waals surface area contributed by atoms with Gasteiger partial charge in [0.05, 0.1) is 0 Å². The molecule has 0 aliphatic carbocycles. The summed E-state index contributed by atoms with van der Waals surface area (Å²) in [6.07, 6.45) is 3.43. The molecule has 0 N–H and O–H groups in total. The molecule has 2 aromatic heterocycles. The highest BCUT2D eigenvalue weighted by molar-refractivity contribution is 6.28. The molecule has 0 bridgehead atoms. The zero-order valence-corrected chi connectivity index (χ0v) is 13.1. The van der Waals surface area contributed by atoms with Crippen LogP contribution in [0.4, 0.5) is 5.95 Å². The molecule has 0 aliphatic rings. The highest BCUT2D eigenvalue weighted by atomic mass is 35.5. The summed E-state index contributed by atoms with van der Waals surface area (Å²) in [5.41, 5.74) is 0.0969. The van der Waals surface area contributed by atoms with Gasteiger partial charge in [-0.25, -0.2) is 4.68 Å². The molecule has 2 rings (SSSR count). The Balaban J connectivity index is 2.38. The number of hydrogen-bond donors (Lipinski definition) is 0. The molecule has 6 nitrogen and oxygen atoms in total. The maximum atomic E-state index is 6.00. The molecule has 20 heavy (non-hydrogen) atoms. The number of halogens is 1. The zero-order valence-electron chi connectivity index (χ0n) is 12.4. The van der Waals surface area contributed by atoms with Crippen molar-refractivity contribution in [2.45, 2.75) is 33.7 Å². The molecule has 1 atom stereocenters. The van der Waals surface area contributed by atoms with Gasteiger partial charge < -0.3 is 4.90 Å². The fourth-order valence-corrected chi connectivity index (χ4v) is 1.88. The molecule has 1 unspecified atom stereocenters. The SMILES string of the molecule is CC(N(C)c1nc(Cl)nc(-n2cccn2)n1)C(C)(C)C. The van der Waals surface area contributed by atoms with Crippen LogP contribution < -0.4 is 4.90 Å². The summed E-state index contributed by atoms with van der Waals surface area (Å²) >= 11 is 6.00. The monoisotopic (exact) mass is 294 g/mol. The molecule has 0 spiro atoms. The summed E-state index contributed by atoms with van der Waals surface area (Å²) in [6.45, 7) is 8.65. The quantitative estimate of drug-likeness (QED) is 0.871. The summed E-state index contributed by atoms with van der Waals surface area (Å²) < 4.78 is 1.56. The van der Waals surface area contributed by atoms with Crippen LogP contribution in [0, 0.1) is 5.41 Å². The number of aromatic nitrogens is 5. The predicted molar refractivity (Wildman–Crippen MR) is 79.3 cm³/mol. The number of nitrogens with zero attached hydrogens (tertiary/aromatic N) is 6. The van der Waals surface area contributed by atoms with Gasteiger partial charge in [-0.2, -0.15) is 20.1 Å². The van der Waals surface area contributed by atoms with Crippen LogP contribution >= 0.6 is 11.6 Å². The van der Waals surface area contributed by atoms with Crippen molar-refractivity contribution in [3.63, 3.8) is 0 Å². The lowest BCUT2D eigenvalue weighted by molar-refractivity contribution is 0.327. The molecule has 0 amide bonds. The van der Waals surface area contributed by atoms with E-state index in [4.69, 9.17) is 11.6 Å². The van der Waals surface area contributed by atoms with Gasteiger partial charge in [-0.05, 0) is 30.0 Å². The summed E-state index contributed by atoms with van der Waals surface area (Å²) in [6, 6.07) is 2.05. The van der Waals surface area contributed by atoms with E-state index in [1.807, 2.05) is 11.9 Å². The fourth-order valence-electron chi connectivity index (χ4n) is 1.73. The molecule has 0 fully saturated rings. The second-order valence-corrected chi connectivity index (χ2v) is 6.15. The van der Waals surface area contributed by atoms with Crippen LogP contribution in [0.2, 0.25) is 5.28 Å². The average molecular weight is 295 g/mol. The van der Waals surface area contributed by atoms with Gasteiger partial charge in [-0.1, -0.05) is 20.8 Å². The molecule has 7 heteroatoms. The highest BCUT2D eigenvalue weighted by Gasteiger charge is 2.26. The average Bonchev–Trinajstić information content (AvgIpc) is 2.89. The Morgan fingerprint density at radius 2 is 1.95 bits per heavy atom. The first kappa shape index (κ1) is 14.7. The van der Waals surface area contributed by atoms with E-state index < -0.39 is 0 Å². The van der Waals surface area contributed by atoms with Gasteiger partial charge in [-0.15, -0.1) is 0 Å². The fraction of sp³-hybridized carbons (Fsp3) is 0.538. The summed E-state index contributed by atoms with van der Waals surface area (Å²) in [4.78, 5) is 14.7. The highest BCUT2D eigenvalue weighted by Crippen LogP contribution is 2.26. The van der Waals surface area contributed by atoms with Crippen molar-refractivity contribution in [3.8, 4) is 5.95 Å². The van der Waals surface area contributed by atoms with Gasteiger partial charge in [0.15, 0.2) is 0 Å². The van der Waals surface area contributed by atoms with Crippen molar-refractivity contribution in [1.29, 1.82) is 0 Å². The lowest BCUT2D eigenvalue weighted by atomic mass is 9.87. The first-order valence-corrected chi connectivity index (χ1v) is 6.81. The van der Waals surface area contributed by atoms with Gasteiger partial charge in [0, 0.05) is 25.5 Å². The minimum Gasteiger partial charge on any atom is -0.340 e. The lowest BCUT2D eigenvalue weighted by Crippen LogP contribution is -2.40. The Morgan fingerprint density at radius 1 is 1.25 bits per heavy atom. The summed E-state index contributed by atoms with van der Waals surface area (Å²) in [5, 5.41) is 4.27. The Labute approximate surface area is 123 Å². The third-order valence-corrected chi connectivity index (χ3v) is 3.61. The Bertz CT molecular complexity index is 575. The van der Waals surface area contributed by atoms with Gasteiger partial charge in [0.1, 0.15) is 0 Å². The Kier molecular flexibility index (Phi) is 3.94. The van der Waals surface area contributed by atoms with Crippen LogP contribution in [0.25, 0.3) is 5.95 Å². The largest absolute Gasteiger partial charge is 0.340 e. The number of rotatable bonds is 3. The molecule has 2 heterocycles. The van der Waals surface area contributed by atoms with E-state index in [9.17, 15) is 0 Å². The lowest BCUT2D eigenvalue weighted by Gasteiger charge is -2.35. The van der Waals surface area contributed by atoms with Gasteiger partial charge >= 0.3 is 0 Å². The molecular formula is C13H19ClN6. The summed E-state index contributed by atoms with van der Waals surface area (Å²) in [7, 11) is 1.95. The van der Waals surface area contributed by atoms with Crippen molar-refractivity contribution >= 4 is 17.5 Å². The normalized spacial score (nSPS) is 13.3. The smallest absolute Gasteiger partial charge is 0.256 e. The van der Waals surface area contributed by atoms with E-state index in [2.05, 4.69) is 47.7 Å². The summed E-state index contributed by atoms with van der Waals surface area (Å²) in [5.74, 6) is 0.955. The van der Waals surface area contributed by atoms with Crippen LogP contribution in [-0.2, 0) is 0 Å². The van der Waals surface area contributed by atoms with Crippen LogP contribution in [-0.4, -0.2) is 37.8 Å². The van der Waals surface area contributed by atoms with E-state index in [1.54, 1.807) is 23.1 Å². The Morgan fingerprint density at radius 3 is 2.50 bits per heavy atom. The van der Waals surface area contributed by atoms with Gasteiger partial charge in [0.25, 0.3) is 5.95 Å². The zero-order chi connectivity index (χ0) is 14.9. The van der Waals surface area contributed by atoms with Crippen molar-refractivity contribution in [2.75, 3.05) is 11.9 Å². The number of hydrogen-bond acceptors (Lipinski definition) is 5. The minimum absolute atomic E-state index is 0.0969. The van der Waals surface area contributed by atoms with Crippen LogP contribution in [0.15, 0.2) is 18.5 Å². The second-order valence-electron chi connectivity index (χ2n) is 5.81. The third kappa shape index (κ3) is 3.07. The molecular weight excluding hydrogens is 276 g/mol. The van der Waals surface area contributed by atoms with Gasteiger partial charge in [-0.3, -0.25) is 0 Å². The number of anilines is 1. The van der Waals surface area contributed by atoms with Gasteiger partial charge in [0.2, 0.25) is 11.2 Å². The van der Waals surface area contributed by atoms with Crippen LogP contribution in [0.1, 0.15) is 27.7 Å². The second kappa shape index (κ2) is 5.36. The molecule has 0 saturated carbocycles. The van der Waals surface area contributed by atoms with E-state index in [0.717, 1.165) is 0 Å². The van der Waals surface area contributed by atoms with E-state index >= 15 is 0 Å². The topological polar surface area (TPSA) is 59.7 Å². The molecule has 2 aromatic rings. The van der Waals surface area contributed by atoms with E-state index in [-0.39, 0.29) is 16.7 Å². The maximum Gasteiger partial charge on any atom is 0.256 e. The first-order valence-electron chi connectivity index (χ1n) is 6.43. The van der Waals surface area contributed by atoms with E-state index in [0.29, 0.717) is 11.9 Å². The van der Waals surface area contributed by atoms with E-state index in [1.165, 1.54) is 0 Å². The van der Waals surface area contributed by atoms with Crippen molar-refractivity contribution in [1.82, 2.24) is 24.7 Å². The molecule has 0 aromatic carbocycles. The standard InChI is InChI=1S/C13H19ClN6/c1-9(13(2,3)4)19(5)11-16-10(14)17-12(18-11)20-8-6-7-15-20/h6-9H,1-5H3. The van der Waals surface area contributed by atoms with Crippen molar-refractivity contribution in [2.24, 2.45) is 5.41 Å². The minimum atomic E-state index is 0.0969. The van der Waals surface area contributed by atoms with Crippen LogP contribution in [0.5, 0.6) is 0 Å². The Hall–Kier alpha value is -1.69. The van der Waals surface area contributed by atoms with Crippen molar-refractivity contribution in [3.05, 3.63) is 23.7 Å². The van der Waals surface area contributed by atoms with Crippen LogP contribution in [0.3, 0.4) is 0 Å². The van der Waals surface area contributed by atoms with Crippen molar-refractivity contribution < 1.29 is 0 Å². The molecule has 0 radical (unpaired) electrons. The third-order valence-electron chi connectivity index (χ3n) is 3.44. The maximum absolute atomic E-state index is 6.00.